The van der Waals surface area contributed by atoms with Gasteiger partial charge in [-0.25, -0.2) is 9.37 Å². The molecule has 0 radical (unpaired) electrons. The number of hydrogen-bond acceptors (Lipinski definition) is 1. The van der Waals surface area contributed by atoms with Crippen LogP contribution in [-0.4, -0.2) is 9.55 Å². The summed E-state index contributed by atoms with van der Waals surface area (Å²) >= 11 is 0. The zero-order chi connectivity index (χ0) is 17.5. The zero-order valence-corrected chi connectivity index (χ0v) is 14.4. The molecule has 0 amide bonds. The number of pyridine rings is 1. The Bertz CT molecular complexity index is 1080. The molecule has 1 fully saturated rings. The molecule has 26 heavy (non-hydrogen) atoms. The van der Waals surface area contributed by atoms with Crippen molar-refractivity contribution in [2.75, 3.05) is 0 Å². The molecule has 0 aliphatic heterocycles. The van der Waals surface area contributed by atoms with Gasteiger partial charge in [0.2, 0.25) is 0 Å². The standard InChI is InChI=1S/C23H19FN2/c24-22-6-2-1-4-19(22)14-26-15-21(20-5-3-13-25-23(20)26)18-11-9-17(10-12-18)16-7-8-16/h1-6,9-13,15-16H,7-8,14H2. The van der Waals surface area contributed by atoms with Crippen molar-refractivity contribution in [1.29, 1.82) is 0 Å². The highest BCUT2D eigenvalue weighted by atomic mass is 19.1. The van der Waals surface area contributed by atoms with E-state index in [1.54, 1.807) is 12.3 Å². The van der Waals surface area contributed by atoms with Crippen LogP contribution in [0, 0.1) is 5.82 Å². The van der Waals surface area contributed by atoms with E-state index in [4.69, 9.17) is 0 Å². The number of aromatic nitrogens is 2. The molecule has 2 nitrogen and oxygen atoms in total. The number of halogens is 1. The van der Waals surface area contributed by atoms with Crippen LogP contribution in [0.15, 0.2) is 73.1 Å². The minimum Gasteiger partial charge on any atom is -0.327 e. The van der Waals surface area contributed by atoms with Crippen LogP contribution >= 0.6 is 0 Å². The van der Waals surface area contributed by atoms with Crippen molar-refractivity contribution in [3.63, 3.8) is 0 Å². The Hall–Kier alpha value is -2.94. The molecular weight excluding hydrogens is 323 g/mol. The van der Waals surface area contributed by atoms with E-state index in [9.17, 15) is 4.39 Å². The molecule has 0 saturated heterocycles. The maximum atomic E-state index is 14.1. The summed E-state index contributed by atoms with van der Waals surface area (Å²) in [7, 11) is 0. The third-order valence-corrected chi connectivity index (χ3v) is 5.20. The predicted molar refractivity (Wildman–Crippen MR) is 103 cm³/mol. The van der Waals surface area contributed by atoms with Gasteiger partial charge in [-0.2, -0.15) is 0 Å². The maximum absolute atomic E-state index is 14.1. The first kappa shape index (κ1) is 15.3. The summed E-state index contributed by atoms with van der Waals surface area (Å²) in [5.41, 5.74) is 5.32. The van der Waals surface area contributed by atoms with Gasteiger partial charge in [-0.15, -0.1) is 0 Å². The molecule has 1 aliphatic rings. The molecule has 1 saturated carbocycles. The van der Waals surface area contributed by atoms with Gasteiger partial charge in [0, 0.05) is 28.9 Å². The van der Waals surface area contributed by atoms with E-state index in [2.05, 4.69) is 41.5 Å². The molecule has 2 heterocycles. The lowest BCUT2D eigenvalue weighted by molar-refractivity contribution is 0.601. The quantitative estimate of drug-likeness (QED) is 0.460. The maximum Gasteiger partial charge on any atom is 0.140 e. The van der Waals surface area contributed by atoms with Gasteiger partial charge < -0.3 is 4.57 Å². The monoisotopic (exact) mass is 342 g/mol. The van der Waals surface area contributed by atoms with Crippen LogP contribution in [0.5, 0.6) is 0 Å². The highest BCUT2D eigenvalue weighted by Crippen LogP contribution is 2.41. The van der Waals surface area contributed by atoms with Crippen molar-refractivity contribution < 1.29 is 4.39 Å². The fourth-order valence-electron chi connectivity index (χ4n) is 3.63. The molecule has 3 heteroatoms. The molecule has 2 aromatic carbocycles. The normalized spacial score (nSPS) is 14.0. The van der Waals surface area contributed by atoms with Crippen LogP contribution in [-0.2, 0) is 6.54 Å². The van der Waals surface area contributed by atoms with Crippen LogP contribution in [0.4, 0.5) is 4.39 Å². The van der Waals surface area contributed by atoms with Crippen molar-refractivity contribution in [3.8, 4) is 11.1 Å². The largest absolute Gasteiger partial charge is 0.327 e. The van der Waals surface area contributed by atoms with Gasteiger partial charge >= 0.3 is 0 Å². The van der Waals surface area contributed by atoms with Crippen LogP contribution in [0.2, 0.25) is 0 Å². The van der Waals surface area contributed by atoms with Crippen molar-refractivity contribution in [3.05, 3.63) is 90.0 Å². The van der Waals surface area contributed by atoms with Crippen LogP contribution in [0.3, 0.4) is 0 Å². The lowest BCUT2D eigenvalue weighted by atomic mass is 10.0. The Morgan fingerprint density at radius 3 is 2.54 bits per heavy atom. The average molecular weight is 342 g/mol. The second-order valence-corrected chi connectivity index (χ2v) is 7.03. The third-order valence-electron chi connectivity index (χ3n) is 5.20. The number of hydrogen-bond donors (Lipinski definition) is 0. The second-order valence-electron chi connectivity index (χ2n) is 7.03. The Kier molecular flexibility index (Phi) is 3.59. The van der Waals surface area contributed by atoms with Gasteiger partial charge in [-0.3, -0.25) is 0 Å². The predicted octanol–water partition coefficient (Wildman–Crippen LogP) is 5.77. The van der Waals surface area contributed by atoms with Gasteiger partial charge in [0.25, 0.3) is 0 Å². The Labute approximate surface area is 151 Å². The summed E-state index contributed by atoms with van der Waals surface area (Å²) < 4.78 is 16.1. The third kappa shape index (κ3) is 2.70. The van der Waals surface area contributed by atoms with E-state index >= 15 is 0 Å². The molecule has 5 rings (SSSR count). The van der Waals surface area contributed by atoms with E-state index < -0.39 is 0 Å². The molecule has 0 bridgehead atoms. The minimum atomic E-state index is -0.180. The van der Waals surface area contributed by atoms with Gasteiger partial charge in [0.1, 0.15) is 11.5 Å². The summed E-state index contributed by atoms with van der Waals surface area (Å²) in [6, 6.07) is 19.8. The SMILES string of the molecule is Fc1ccccc1Cn1cc(-c2ccc(C3CC3)cc2)c2cccnc21. The summed E-state index contributed by atoms with van der Waals surface area (Å²) in [6.45, 7) is 0.473. The summed E-state index contributed by atoms with van der Waals surface area (Å²) in [5, 5.41) is 1.10. The highest BCUT2D eigenvalue weighted by molar-refractivity contribution is 5.94. The first-order valence-corrected chi connectivity index (χ1v) is 9.07. The molecule has 4 aromatic rings. The number of fused-ring (bicyclic) bond motifs is 1. The fraction of sp³-hybridized carbons (Fsp3) is 0.174. The Balaban J connectivity index is 1.59. The van der Waals surface area contributed by atoms with Gasteiger partial charge in [0.05, 0.1) is 6.54 Å². The molecule has 1 aliphatic carbocycles. The Morgan fingerprint density at radius 2 is 1.77 bits per heavy atom. The minimum absolute atomic E-state index is 0.180. The molecule has 0 N–H and O–H groups in total. The number of benzene rings is 2. The van der Waals surface area contributed by atoms with E-state index in [0.29, 0.717) is 12.1 Å². The van der Waals surface area contributed by atoms with Gasteiger partial charge in [-0.05, 0) is 48.1 Å². The van der Waals surface area contributed by atoms with Crippen LogP contribution in [0.1, 0.15) is 29.9 Å². The number of rotatable bonds is 4. The van der Waals surface area contributed by atoms with Crippen molar-refractivity contribution >= 4 is 11.0 Å². The number of nitrogens with zero attached hydrogens (tertiary/aromatic N) is 2. The fourth-order valence-corrected chi connectivity index (χ4v) is 3.63. The lowest BCUT2D eigenvalue weighted by Gasteiger charge is -2.05. The van der Waals surface area contributed by atoms with Crippen molar-refractivity contribution in [2.45, 2.75) is 25.3 Å². The average Bonchev–Trinajstić information content (AvgIpc) is 3.47. The van der Waals surface area contributed by atoms with Crippen LogP contribution in [0.25, 0.3) is 22.2 Å². The topological polar surface area (TPSA) is 17.8 Å². The van der Waals surface area contributed by atoms with Gasteiger partial charge in [0.15, 0.2) is 0 Å². The van der Waals surface area contributed by atoms with E-state index in [0.717, 1.165) is 22.5 Å². The smallest absolute Gasteiger partial charge is 0.140 e. The molecule has 0 spiro atoms. The van der Waals surface area contributed by atoms with Gasteiger partial charge in [-0.1, -0.05) is 42.5 Å². The van der Waals surface area contributed by atoms with E-state index in [-0.39, 0.29) is 5.82 Å². The zero-order valence-electron chi connectivity index (χ0n) is 14.4. The molecule has 0 unspecified atom stereocenters. The first-order chi connectivity index (χ1) is 12.8. The highest BCUT2D eigenvalue weighted by Gasteiger charge is 2.23. The summed E-state index contributed by atoms with van der Waals surface area (Å²) in [6.07, 6.45) is 6.51. The molecule has 128 valence electrons. The first-order valence-electron chi connectivity index (χ1n) is 9.07. The summed E-state index contributed by atoms with van der Waals surface area (Å²) in [4.78, 5) is 4.55. The summed E-state index contributed by atoms with van der Waals surface area (Å²) in [5.74, 6) is 0.578. The van der Waals surface area contributed by atoms with Crippen molar-refractivity contribution in [1.82, 2.24) is 9.55 Å². The van der Waals surface area contributed by atoms with E-state index in [1.807, 2.05) is 22.8 Å². The van der Waals surface area contributed by atoms with Crippen LogP contribution < -0.4 is 0 Å². The molecule has 2 aromatic heterocycles. The van der Waals surface area contributed by atoms with Crippen molar-refractivity contribution in [2.24, 2.45) is 0 Å². The lowest BCUT2D eigenvalue weighted by Crippen LogP contribution is -2.01. The molecule has 0 atom stereocenters. The Morgan fingerprint density at radius 1 is 0.962 bits per heavy atom. The van der Waals surface area contributed by atoms with E-state index in [1.165, 1.54) is 30.0 Å². The molecular formula is C23H19FN2. The second kappa shape index (κ2) is 6.10.